The summed E-state index contributed by atoms with van der Waals surface area (Å²) in [6.45, 7) is 8.32. The average molecular weight is 194 g/mol. The monoisotopic (exact) mass is 194 g/mol. The fourth-order valence-electron chi connectivity index (χ4n) is 1.23. The Bertz CT molecular complexity index is 332. The second-order valence-electron chi connectivity index (χ2n) is 4.29. The molecular weight excluding hydrogens is 180 g/mol. The van der Waals surface area contributed by atoms with Crippen LogP contribution in [0, 0.1) is 18.3 Å². The first-order valence-corrected chi connectivity index (χ1v) is 7.85. The van der Waals surface area contributed by atoms with Crippen molar-refractivity contribution in [2.24, 2.45) is 0 Å². The van der Waals surface area contributed by atoms with Crippen molar-refractivity contribution in [1.29, 1.82) is 5.26 Å². The third-order valence-electron chi connectivity index (χ3n) is 1.94. The minimum atomic E-state index is -1.50. The number of nitriles is 1. The Labute approximate surface area is 79.4 Å². The van der Waals surface area contributed by atoms with Gasteiger partial charge in [-0.3, -0.25) is 0 Å². The van der Waals surface area contributed by atoms with Gasteiger partial charge in [-0.05, 0) is 6.92 Å². The molecule has 0 radical (unpaired) electrons. The van der Waals surface area contributed by atoms with E-state index in [1.54, 1.807) is 0 Å². The lowest BCUT2D eigenvalue weighted by Gasteiger charge is -2.19. The maximum Gasteiger partial charge on any atom is 0.133 e. The quantitative estimate of drug-likeness (QED) is 0.679. The van der Waals surface area contributed by atoms with Gasteiger partial charge in [-0.2, -0.15) is 5.26 Å². The number of aromatic nitrogens is 1. The van der Waals surface area contributed by atoms with Crippen molar-refractivity contribution >= 4 is 8.07 Å². The summed E-state index contributed by atoms with van der Waals surface area (Å²) in [6, 6.07) is 4.16. The molecule has 13 heavy (non-hydrogen) atoms. The molecule has 0 saturated carbocycles. The highest BCUT2D eigenvalue weighted by atomic mass is 28.3. The van der Waals surface area contributed by atoms with Crippen LogP contribution in [-0.2, 0) is 0 Å². The second-order valence-corrected chi connectivity index (χ2v) is 9.60. The maximum absolute atomic E-state index is 9.03. The largest absolute Gasteiger partial charge is 0.361 e. The van der Waals surface area contributed by atoms with Crippen molar-refractivity contribution in [1.82, 2.24) is 5.16 Å². The highest BCUT2D eigenvalue weighted by Crippen LogP contribution is 2.25. The molecule has 0 fully saturated rings. The van der Waals surface area contributed by atoms with Crippen molar-refractivity contribution in [3.05, 3.63) is 17.5 Å². The van der Waals surface area contributed by atoms with Crippen LogP contribution in [0.25, 0.3) is 0 Å². The zero-order valence-electron chi connectivity index (χ0n) is 8.46. The van der Waals surface area contributed by atoms with Gasteiger partial charge in [0.05, 0.1) is 25.4 Å². The predicted octanol–water partition coefficient (Wildman–Crippen LogP) is 2.47. The summed E-state index contributed by atoms with van der Waals surface area (Å²) < 4.78 is 4.96. The summed E-state index contributed by atoms with van der Waals surface area (Å²) in [5.41, 5.74) is 0.726. The first-order valence-electron chi connectivity index (χ1n) is 4.28. The van der Waals surface area contributed by atoms with E-state index >= 15 is 0 Å². The van der Waals surface area contributed by atoms with E-state index in [2.05, 4.69) is 30.9 Å². The lowest BCUT2D eigenvalue weighted by Crippen LogP contribution is -2.30. The predicted molar refractivity (Wildman–Crippen MR) is 52.9 cm³/mol. The van der Waals surface area contributed by atoms with Crippen LogP contribution in [0.15, 0.2) is 10.6 Å². The Kier molecular flexibility index (Phi) is 2.57. The van der Waals surface area contributed by atoms with Crippen LogP contribution in [0.2, 0.25) is 19.6 Å². The summed E-state index contributed by atoms with van der Waals surface area (Å²) in [7, 11) is -1.50. The highest BCUT2D eigenvalue weighted by molar-refractivity contribution is 6.78. The number of nitrogens with zero attached hydrogens (tertiary/aromatic N) is 2. The van der Waals surface area contributed by atoms with Gasteiger partial charge < -0.3 is 4.52 Å². The minimum absolute atomic E-state index is 0.0649. The van der Waals surface area contributed by atoms with E-state index in [0.717, 1.165) is 11.5 Å². The topological polar surface area (TPSA) is 49.8 Å². The van der Waals surface area contributed by atoms with Gasteiger partial charge in [0.2, 0.25) is 0 Å². The highest BCUT2D eigenvalue weighted by Gasteiger charge is 2.30. The van der Waals surface area contributed by atoms with Gasteiger partial charge in [0.15, 0.2) is 0 Å². The molecule has 0 spiro atoms. The van der Waals surface area contributed by atoms with E-state index in [1.807, 2.05) is 13.0 Å². The van der Waals surface area contributed by atoms with Crippen LogP contribution in [0.3, 0.4) is 0 Å². The van der Waals surface area contributed by atoms with E-state index in [-0.39, 0.29) is 5.54 Å². The summed E-state index contributed by atoms with van der Waals surface area (Å²) >= 11 is 0. The SMILES string of the molecule is Cc1cc(C(C#N)[Si](C)(C)C)no1. The fourth-order valence-corrected chi connectivity index (χ4v) is 2.64. The second kappa shape index (κ2) is 3.34. The Balaban J connectivity index is 3.00. The van der Waals surface area contributed by atoms with Gasteiger partial charge in [-0.25, -0.2) is 0 Å². The molecule has 0 aliphatic heterocycles. The molecule has 0 saturated heterocycles. The number of rotatable bonds is 2. The molecule has 1 heterocycles. The van der Waals surface area contributed by atoms with Gasteiger partial charge >= 0.3 is 0 Å². The van der Waals surface area contributed by atoms with Gasteiger partial charge in [0.1, 0.15) is 5.76 Å². The summed E-state index contributed by atoms with van der Waals surface area (Å²) in [6.07, 6.45) is 0. The van der Waals surface area contributed by atoms with Crippen molar-refractivity contribution < 1.29 is 4.52 Å². The average Bonchev–Trinajstić information content (AvgIpc) is 2.34. The molecule has 1 aromatic rings. The van der Waals surface area contributed by atoms with Crippen molar-refractivity contribution in [3.63, 3.8) is 0 Å². The van der Waals surface area contributed by atoms with Crippen LogP contribution in [0.5, 0.6) is 0 Å². The Morgan fingerprint density at radius 1 is 1.54 bits per heavy atom. The normalized spacial score (nSPS) is 13.8. The van der Waals surface area contributed by atoms with E-state index in [0.29, 0.717) is 0 Å². The standard InChI is InChI=1S/C9H14N2OSi/c1-7-5-8(11-12-7)9(6-10)13(2,3)4/h5,9H,1-4H3. The Morgan fingerprint density at radius 3 is 2.46 bits per heavy atom. The van der Waals surface area contributed by atoms with Gasteiger partial charge in [0, 0.05) is 6.07 Å². The lowest BCUT2D eigenvalue weighted by atomic mass is 10.3. The molecular formula is C9H14N2OSi. The summed E-state index contributed by atoms with van der Waals surface area (Å²) in [5.74, 6) is 0.772. The third kappa shape index (κ3) is 2.19. The van der Waals surface area contributed by atoms with E-state index in [1.165, 1.54) is 0 Å². The molecule has 1 rings (SSSR count). The molecule has 0 aliphatic carbocycles. The van der Waals surface area contributed by atoms with E-state index in [4.69, 9.17) is 9.78 Å². The lowest BCUT2D eigenvalue weighted by molar-refractivity contribution is 0.391. The van der Waals surface area contributed by atoms with E-state index < -0.39 is 8.07 Å². The van der Waals surface area contributed by atoms with Gasteiger partial charge in [-0.15, -0.1) is 0 Å². The fraction of sp³-hybridized carbons (Fsp3) is 0.556. The van der Waals surface area contributed by atoms with Crippen molar-refractivity contribution in [3.8, 4) is 6.07 Å². The third-order valence-corrected chi connectivity index (χ3v) is 4.09. The zero-order valence-corrected chi connectivity index (χ0v) is 9.46. The molecule has 1 aromatic heterocycles. The Morgan fingerprint density at radius 2 is 2.15 bits per heavy atom. The molecule has 0 aliphatic rings. The minimum Gasteiger partial charge on any atom is -0.361 e. The molecule has 3 nitrogen and oxygen atoms in total. The number of hydrogen-bond acceptors (Lipinski definition) is 3. The summed E-state index contributed by atoms with van der Waals surface area (Å²) in [4.78, 5) is 0. The van der Waals surface area contributed by atoms with Gasteiger partial charge in [0.25, 0.3) is 0 Å². The van der Waals surface area contributed by atoms with Crippen molar-refractivity contribution in [2.45, 2.75) is 32.1 Å². The molecule has 0 N–H and O–H groups in total. The first-order chi connectivity index (χ1) is 5.95. The maximum atomic E-state index is 9.03. The van der Waals surface area contributed by atoms with Crippen molar-refractivity contribution in [2.75, 3.05) is 0 Å². The van der Waals surface area contributed by atoms with Crippen LogP contribution in [-0.4, -0.2) is 13.2 Å². The van der Waals surface area contributed by atoms with E-state index in [9.17, 15) is 0 Å². The molecule has 70 valence electrons. The molecule has 1 atom stereocenters. The van der Waals surface area contributed by atoms with Crippen LogP contribution >= 0.6 is 0 Å². The number of hydrogen-bond donors (Lipinski definition) is 0. The molecule has 0 aromatic carbocycles. The summed E-state index contributed by atoms with van der Waals surface area (Å²) in [5, 5.41) is 12.9. The smallest absolute Gasteiger partial charge is 0.133 e. The Hall–Kier alpha value is -1.08. The zero-order chi connectivity index (χ0) is 10.1. The molecule has 0 bridgehead atoms. The van der Waals surface area contributed by atoms with Crippen LogP contribution < -0.4 is 0 Å². The molecule has 0 amide bonds. The first kappa shape index (κ1) is 10.0. The van der Waals surface area contributed by atoms with Crippen LogP contribution in [0.4, 0.5) is 0 Å². The van der Waals surface area contributed by atoms with Crippen LogP contribution in [0.1, 0.15) is 17.0 Å². The molecule has 1 unspecified atom stereocenters. The van der Waals surface area contributed by atoms with Gasteiger partial charge in [-0.1, -0.05) is 24.8 Å². The number of aryl methyl sites for hydroxylation is 1. The molecule has 4 heteroatoms.